The Labute approximate surface area is 245 Å². The molecule has 0 spiro atoms. The van der Waals surface area contributed by atoms with E-state index in [1.807, 2.05) is 6.07 Å². The van der Waals surface area contributed by atoms with Gasteiger partial charge in [0.25, 0.3) is 11.5 Å². The Hall–Kier alpha value is -6.10. The lowest BCUT2D eigenvalue weighted by molar-refractivity contribution is 0.0997. The van der Waals surface area contributed by atoms with E-state index in [9.17, 15) is 9.59 Å². The van der Waals surface area contributed by atoms with Crippen molar-refractivity contribution < 1.29 is 19.0 Å². The number of methoxy groups -OCH3 is 2. The number of fused-ring (bicyclic) bond motifs is 1. The monoisotopic (exact) mass is 572 g/mol. The lowest BCUT2D eigenvalue weighted by Crippen LogP contribution is -2.31. The van der Waals surface area contributed by atoms with Crippen LogP contribution in [0.5, 0.6) is 23.0 Å². The van der Waals surface area contributed by atoms with Crippen LogP contribution in [-0.4, -0.2) is 45.0 Å². The van der Waals surface area contributed by atoms with Crippen LogP contribution in [0.1, 0.15) is 10.4 Å². The zero-order valence-electron chi connectivity index (χ0n) is 23.1. The van der Waals surface area contributed by atoms with Crippen LogP contribution >= 0.6 is 0 Å². The van der Waals surface area contributed by atoms with E-state index >= 15 is 0 Å². The van der Waals surface area contributed by atoms with Gasteiger partial charge in [0.05, 0.1) is 43.5 Å². The van der Waals surface area contributed by atoms with Gasteiger partial charge >= 0.3 is 0 Å². The van der Waals surface area contributed by atoms with Gasteiger partial charge in [-0.3, -0.25) is 29.4 Å². The third kappa shape index (κ3) is 5.46. The van der Waals surface area contributed by atoms with E-state index in [0.29, 0.717) is 56.7 Å². The molecule has 1 N–H and O–H groups in total. The molecule has 11 nitrogen and oxygen atoms in total. The van der Waals surface area contributed by atoms with Crippen molar-refractivity contribution in [3.05, 3.63) is 120 Å². The minimum absolute atomic E-state index is 0.0817. The maximum absolute atomic E-state index is 14.0. The van der Waals surface area contributed by atoms with E-state index in [0.717, 1.165) is 0 Å². The number of pyridine rings is 3. The number of hydrogen-bond acceptors (Lipinski definition) is 9. The largest absolute Gasteiger partial charge is 0.493 e. The molecule has 6 aromatic rings. The SMILES string of the molecule is COc1cc2nccc(Oc3ccc(N(C(=O)c4cc(-c5cnccn5)c[nH]c4=O)c4ccccc4)nc3)c2cc1OC. The first-order chi connectivity index (χ1) is 21.1. The molecule has 0 aliphatic heterocycles. The number of hydrogen-bond donors (Lipinski definition) is 1. The number of benzene rings is 2. The van der Waals surface area contributed by atoms with Crippen LogP contribution in [-0.2, 0) is 0 Å². The number of nitrogens with one attached hydrogen (secondary N) is 1. The Balaban J connectivity index is 1.35. The third-order valence-corrected chi connectivity index (χ3v) is 6.59. The van der Waals surface area contributed by atoms with Crippen LogP contribution in [0.3, 0.4) is 0 Å². The molecule has 2 aromatic carbocycles. The zero-order valence-corrected chi connectivity index (χ0v) is 23.1. The van der Waals surface area contributed by atoms with Gasteiger partial charge in [-0.25, -0.2) is 4.98 Å². The molecule has 0 saturated heterocycles. The summed E-state index contributed by atoms with van der Waals surface area (Å²) in [7, 11) is 3.12. The lowest BCUT2D eigenvalue weighted by atomic mass is 10.1. The number of ether oxygens (including phenoxy) is 3. The van der Waals surface area contributed by atoms with Gasteiger partial charge in [-0.2, -0.15) is 0 Å². The molecule has 212 valence electrons. The Morgan fingerprint density at radius 2 is 1.63 bits per heavy atom. The molecule has 0 aliphatic rings. The molecule has 1 amide bonds. The normalized spacial score (nSPS) is 10.7. The third-order valence-electron chi connectivity index (χ3n) is 6.59. The maximum Gasteiger partial charge on any atom is 0.269 e. The van der Waals surface area contributed by atoms with Gasteiger partial charge in [0.2, 0.25) is 0 Å². The summed E-state index contributed by atoms with van der Waals surface area (Å²) in [4.78, 5) is 48.1. The highest BCUT2D eigenvalue weighted by Crippen LogP contribution is 2.37. The van der Waals surface area contributed by atoms with Crippen molar-refractivity contribution in [2.24, 2.45) is 0 Å². The minimum atomic E-state index is -0.569. The molecule has 4 heterocycles. The molecule has 43 heavy (non-hydrogen) atoms. The second kappa shape index (κ2) is 11.8. The number of carbonyl (C=O) groups excluding carboxylic acids is 1. The molecule has 0 aliphatic carbocycles. The summed E-state index contributed by atoms with van der Waals surface area (Å²) < 4.78 is 17.0. The van der Waals surface area contributed by atoms with E-state index in [1.165, 1.54) is 29.6 Å². The van der Waals surface area contributed by atoms with Crippen LogP contribution < -0.4 is 24.7 Å². The molecular formula is C32H24N6O5. The van der Waals surface area contributed by atoms with Crippen molar-refractivity contribution in [1.82, 2.24) is 24.9 Å². The fraction of sp³-hybridized carbons (Fsp3) is 0.0625. The quantitative estimate of drug-likeness (QED) is 0.249. The number of aromatic amines is 1. The molecule has 0 fully saturated rings. The van der Waals surface area contributed by atoms with Crippen LogP contribution in [0.25, 0.3) is 22.2 Å². The van der Waals surface area contributed by atoms with Gasteiger partial charge in [0, 0.05) is 41.8 Å². The van der Waals surface area contributed by atoms with Crippen molar-refractivity contribution in [2.75, 3.05) is 19.1 Å². The molecule has 0 atom stereocenters. The molecule has 6 rings (SSSR count). The summed E-state index contributed by atoms with van der Waals surface area (Å²) in [5.74, 6) is 1.77. The van der Waals surface area contributed by atoms with Crippen LogP contribution in [0.15, 0.2) is 109 Å². The van der Waals surface area contributed by atoms with Gasteiger partial charge in [0.15, 0.2) is 11.5 Å². The Bertz CT molecular complexity index is 1970. The van der Waals surface area contributed by atoms with Gasteiger partial charge in [-0.15, -0.1) is 0 Å². The zero-order chi connectivity index (χ0) is 29.8. The Kier molecular flexibility index (Phi) is 7.43. The fourth-order valence-corrected chi connectivity index (χ4v) is 4.52. The standard InChI is InChI=1S/C32H24N6O5/c1-41-28-15-23-25(16-29(28)42-2)34-11-10-27(23)43-22-8-9-30(36-18-22)38(21-6-4-3-5-7-21)32(40)24-14-20(17-37-31(24)39)26-19-33-12-13-35-26/h3-19H,1-2H3,(H,37,39). The molecule has 0 bridgehead atoms. The molecule has 0 unspecified atom stereocenters. The van der Waals surface area contributed by atoms with Crippen LogP contribution in [0.4, 0.5) is 11.5 Å². The summed E-state index contributed by atoms with van der Waals surface area (Å²) in [6.07, 6.45) is 9.26. The first-order valence-electron chi connectivity index (χ1n) is 13.1. The topological polar surface area (TPSA) is 132 Å². The highest BCUT2D eigenvalue weighted by atomic mass is 16.5. The maximum atomic E-state index is 14.0. The van der Waals surface area contributed by atoms with Gasteiger partial charge in [0.1, 0.15) is 22.9 Å². The summed E-state index contributed by atoms with van der Waals surface area (Å²) in [6.45, 7) is 0. The second-order valence-corrected chi connectivity index (χ2v) is 9.19. The highest BCUT2D eigenvalue weighted by Gasteiger charge is 2.24. The number of nitrogens with zero attached hydrogens (tertiary/aromatic N) is 5. The Morgan fingerprint density at radius 1 is 0.814 bits per heavy atom. The van der Waals surface area contributed by atoms with Gasteiger partial charge in [-0.05, 0) is 42.5 Å². The number of rotatable bonds is 8. The first kappa shape index (κ1) is 27.1. The van der Waals surface area contributed by atoms with E-state index in [-0.39, 0.29) is 5.56 Å². The van der Waals surface area contributed by atoms with E-state index in [1.54, 1.807) is 87.4 Å². The summed E-state index contributed by atoms with van der Waals surface area (Å²) >= 11 is 0. The van der Waals surface area contributed by atoms with Crippen molar-refractivity contribution in [1.29, 1.82) is 0 Å². The number of anilines is 2. The molecular weight excluding hydrogens is 548 g/mol. The smallest absolute Gasteiger partial charge is 0.269 e. The first-order valence-corrected chi connectivity index (χ1v) is 13.1. The Morgan fingerprint density at radius 3 is 2.35 bits per heavy atom. The number of H-pyrrole nitrogens is 1. The van der Waals surface area contributed by atoms with E-state index in [4.69, 9.17) is 14.2 Å². The van der Waals surface area contributed by atoms with Gasteiger partial charge in [-0.1, -0.05) is 18.2 Å². The number of carbonyl (C=O) groups is 1. The summed E-state index contributed by atoms with van der Waals surface area (Å²) in [5.41, 5.74) is 1.61. The van der Waals surface area contributed by atoms with Crippen LogP contribution in [0, 0.1) is 0 Å². The predicted octanol–water partition coefficient (Wildman–Crippen LogP) is 5.56. The summed E-state index contributed by atoms with van der Waals surface area (Å²) in [6, 6.07) is 19.1. The number of aromatic nitrogens is 5. The van der Waals surface area contributed by atoms with Crippen molar-refractivity contribution in [2.45, 2.75) is 0 Å². The second-order valence-electron chi connectivity index (χ2n) is 9.19. The molecule has 4 aromatic heterocycles. The highest BCUT2D eigenvalue weighted by molar-refractivity contribution is 6.10. The summed E-state index contributed by atoms with van der Waals surface area (Å²) in [5, 5.41) is 0.715. The minimum Gasteiger partial charge on any atom is -0.493 e. The van der Waals surface area contributed by atoms with Crippen LogP contribution in [0.2, 0.25) is 0 Å². The van der Waals surface area contributed by atoms with E-state index in [2.05, 4.69) is 24.9 Å². The van der Waals surface area contributed by atoms with Crippen molar-refractivity contribution >= 4 is 28.3 Å². The number of para-hydroxylation sites is 1. The number of amides is 1. The van der Waals surface area contributed by atoms with Crippen molar-refractivity contribution in [3.63, 3.8) is 0 Å². The molecule has 0 saturated carbocycles. The molecule has 11 heteroatoms. The molecule has 0 radical (unpaired) electrons. The average molecular weight is 573 g/mol. The van der Waals surface area contributed by atoms with Gasteiger partial charge < -0.3 is 19.2 Å². The van der Waals surface area contributed by atoms with Crippen molar-refractivity contribution in [3.8, 4) is 34.3 Å². The fourth-order valence-electron chi connectivity index (χ4n) is 4.52. The average Bonchev–Trinajstić information content (AvgIpc) is 3.06. The lowest BCUT2D eigenvalue weighted by Gasteiger charge is -2.22. The predicted molar refractivity (Wildman–Crippen MR) is 160 cm³/mol. The van der Waals surface area contributed by atoms with E-state index < -0.39 is 11.5 Å².